The predicted octanol–water partition coefficient (Wildman–Crippen LogP) is 2.49. The predicted molar refractivity (Wildman–Crippen MR) is 89.2 cm³/mol. The average Bonchev–Trinajstić information content (AvgIpc) is 3.03. The van der Waals surface area contributed by atoms with Crippen LogP contribution in [0.5, 0.6) is 0 Å². The number of aryl methyl sites for hydroxylation is 1. The molecule has 1 aromatic carbocycles. The van der Waals surface area contributed by atoms with E-state index in [1.807, 2.05) is 6.92 Å². The van der Waals surface area contributed by atoms with Crippen molar-refractivity contribution in [1.29, 1.82) is 0 Å². The molecule has 0 aliphatic heterocycles. The number of aromatic nitrogens is 2. The van der Waals surface area contributed by atoms with Crippen molar-refractivity contribution in [1.82, 2.24) is 9.59 Å². The molecule has 0 radical (unpaired) electrons. The van der Waals surface area contributed by atoms with Crippen molar-refractivity contribution in [3.05, 3.63) is 40.4 Å². The molecule has 0 bridgehead atoms. The summed E-state index contributed by atoms with van der Waals surface area (Å²) in [5.41, 5.74) is 1.50. The molecule has 1 aromatic heterocycles. The van der Waals surface area contributed by atoms with Gasteiger partial charge in [0.05, 0.1) is 5.69 Å². The number of anilines is 1. The van der Waals surface area contributed by atoms with Gasteiger partial charge < -0.3 is 10.1 Å². The van der Waals surface area contributed by atoms with Crippen LogP contribution in [-0.4, -0.2) is 33.4 Å². The number of carbonyl (C=O) groups is 3. The molecular weight excluding hydrogens is 330 g/mol. The summed E-state index contributed by atoms with van der Waals surface area (Å²) in [6, 6.07) is 6.54. The summed E-state index contributed by atoms with van der Waals surface area (Å²) in [6.07, 6.45) is -0.440. The Labute approximate surface area is 143 Å². The molecule has 126 valence electrons. The van der Waals surface area contributed by atoms with Crippen LogP contribution in [0.1, 0.15) is 46.5 Å². The molecule has 1 amide bonds. The van der Waals surface area contributed by atoms with Gasteiger partial charge in [-0.05, 0) is 43.9 Å². The molecule has 0 aliphatic rings. The summed E-state index contributed by atoms with van der Waals surface area (Å²) >= 11 is 0.940. The minimum atomic E-state index is -0.995. The first-order valence-corrected chi connectivity index (χ1v) is 8.13. The fourth-order valence-corrected chi connectivity index (χ4v) is 2.56. The molecule has 1 heterocycles. The van der Waals surface area contributed by atoms with Crippen LogP contribution < -0.4 is 5.32 Å². The topological polar surface area (TPSA) is 98.2 Å². The van der Waals surface area contributed by atoms with E-state index in [0.717, 1.165) is 11.5 Å². The number of ether oxygens (including phenoxy) is 1. The van der Waals surface area contributed by atoms with E-state index in [-0.39, 0.29) is 5.78 Å². The molecule has 0 spiro atoms. The highest BCUT2D eigenvalue weighted by molar-refractivity contribution is 7.07. The Hall–Kier alpha value is -2.61. The van der Waals surface area contributed by atoms with Crippen molar-refractivity contribution in [2.75, 3.05) is 5.32 Å². The average molecular weight is 347 g/mol. The SMILES string of the molecule is CCc1nnsc1C(=O)O[C@H](C)C(=O)Nc1cccc(C(C)=O)c1. The number of nitrogens with zero attached hydrogens (tertiary/aromatic N) is 2. The maximum absolute atomic E-state index is 12.2. The molecule has 7 nitrogen and oxygen atoms in total. The van der Waals surface area contributed by atoms with Crippen LogP contribution in [0.15, 0.2) is 24.3 Å². The van der Waals surface area contributed by atoms with Gasteiger partial charge in [-0.3, -0.25) is 9.59 Å². The summed E-state index contributed by atoms with van der Waals surface area (Å²) in [7, 11) is 0. The summed E-state index contributed by atoms with van der Waals surface area (Å²) < 4.78 is 8.88. The zero-order chi connectivity index (χ0) is 17.7. The van der Waals surface area contributed by atoms with E-state index < -0.39 is 18.0 Å². The number of ketones is 1. The number of esters is 1. The van der Waals surface area contributed by atoms with Crippen LogP contribution >= 0.6 is 11.5 Å². The zero-order valence-electron chi connectivity index (χ0n) is 13.5. The molecule has 24 heavy (non-hydrogen) atoms. The van der Waals surface area contributed by atoms with Gasteiger partial charge in [-0.25, -0.2) is 4.79 Å². The molecule has 0 aliphatic carbocycles. The Morgan fingerprint density at radius 2 is 2.08 bits per heavy atom. The third-order valence-electron chi connectivity index (χ3n) is 3.27. The maximum Gasteiger partial charge on any atom is 0.352 e. The van der Waals surface area contributed by atoms with Crippen molar-refractivity contribution in [2.24, 2.45) is 0 Å². The van der Waals surface area contributed by atoms with Crippen LogP contribution in [0.2, 0.25) is 0 Å². The van der Waals surface area contributed by atoms with Crippen LogP contribution in [0, 0.1) is 0 Å². The number of Topliss-reactive ketones (excluding diaryl/α,β-unsaturated/α-hetero) is 1. The molecular formula is C16H17N3O4S. The fraction of sp³-hybridized carbons (Fsp3) is 0.312. The van der Waals surface area contributed by atoms with E-state index in [1.54, 1.807) is 24.3 Å². The van der Waals surface area contributed by atoms with Crippen molar-refractivity contribution in [3.63, 3.8) is 0 Å². The lowest BCUT2D eigenvalue weighted by Gasteiger charge is -2.13. The number of nitrogens with one attached hydrogen (secondary N) is 1. The molecule has 0 fully saturated rings. The van der Waals surface area contributed by atoms with Gasteiger partial charge in [0.25, 0.3) is 5.91 Å². The third-order valence-corrected chi connectivity index (χ3v) is 4.01. The summed E-state index contributed by atoms with van der Waals surface area (Å²) in [4.78, 5) is 35.9. The van der Waals surface area contributed by atoms with E-state index in [1.165, 1.54) is 13.8 Å². The smallest absolute Gasteiger partial charge is 0.352 e. The molecule has 1 atom stereocenters. The van der Waals surface area contributed by atoms with Crippen molar-refractivity contribution in [2.45, 2.75) is 33.3 Å². The highest BCUT2D eigenvalue weighted by Crippen LogP contribution is 2.15. The molecule has 2 rings (SSSR count). The standard InChI is InChI=1S/C16H17N3O4S/c1-4-13-14(24-19-18-13)16(22)23-10(3)15(21)17-12-7-5-6-11(8-12)9(2)20/h5-8,10H,4H2,1-3H3,(H,17,21)/t10-/m1/s1. The van der Waals surface area contributed by atoms with E-state index in [0.29, 0.717) is 28.2 Å². The third kappa shape index (κ3) is 4.23. The second-order valence-corrected chi connectivity index (χ2v) is 5.83. The summed E-state index contributed by atoms with van der Waals surface area (Å²) in [5, 5.41) is 6.46. The highest BCUT2D eigenvalue weighted by Gasteiger charge is 2.23. The first-order chi connectivity index (χ1) is 11.4. The fourth-order valence-electron chi connectivity index (χ4n) is 1.92. The molecule has 0 saturated heterocycles. The van der Waals surface area contributed by atoms with Gasteiger partial charge in [-0.15, -0.1) is 5.10 Å². The quantitative estimate of drug-likeness (QED) is 0.637. The van der Waals surface area contributed by atoms with Crippen molar-refractivity contribution >= 4 is 34.9 Å². The Morgan fingerprint density at radius 3 is 2.75 bits per heavy atom. The number of hydrogen-bond acceptors (Lipinski definition) is 7. The van der Waals surface area contributed by atoms with E-state index in [9.17, 15) is 14.4 Å². The normalized spacial score (nSPS) is 11.6. The van der Waals surface area contributed by atoms with Gasteiger partial charge in [-0.1, -0.05) is 23.5 Å². The minimum absolute atomic E-state index is 0.102. The second-order valence-electron chi connectivity index (χ2n) is 5.08. The molecule has 0 saturated carbocycles. The van der Waals surface area contributed by atoms with Gasteiger partial charge in [-0.2, -0.15) is 0 Å². The number of carbonyl (C=O) groups excluding carboxylic acids is 3. The van der Waals surface area contributed by atoms with Gasteiger partial charge in [0.1, 0.15) is 0 Å². The summed E-state index contributed by atoms with van der Waals surface area (Å²) in [6.45, 7) is 4.77. The lowest BCUT2D eigenvalue weighted by molar-refractivity contribution is -0.123. The lowest BCUT2D eigenvalue weighted by atomic mass is 10.1. The van der Waals surface area contributed by atoms with E-state index >= 15 is 0 Å². The number of rotatable bonds is 6. The van der Waals surface area contributed by atoms with Gasteiger partial charge >= 0.3 is 5.97 Å². The molecule has 0 unspecified atom stereocenters. The van der Waals surface area contributed by atoms with Crippen molar-refractivity contribution < 1.29 is 19.1 Å². The van der Waals surface area contributed by atoms with E-state index in [2.05, 4.69) is 14.9 Å². The highest BCUT2D eigenvalue weighted by atomic mass is 32.1. The molecule has 2 aromatic rings. The van der Waals surface area contributed by atoms with E-state index in [4.69, 9.17) is 4.74 Å². The number of benzene rings is 1. The first kappa shape index (κ1) is 17.7. The van der Waals surface area contributed by atoms with Crippen LogP contribution in [0.4, 0.5) is 5.69 Å². The Morgan fingerprint density at radius 1 is 1.33 bits per heavy atom. The monoisotopic (exact) mass is 347 g/mol. The van der Waals surface area contributed by atoms with Crippen LogP contribution in [0.3, 0.4) is 0 Å². The molecule has 8 heteroatoms. The second kappa shape index (κ2) is 7.78. The zero-order valence-corrected chi connectivity index (χ0v) is 14.3. The largest absolute Gasteiger partial charge is 0.448 e. The van der Waals surface area contributed by atoms with Gasteiger partial charge in [0.2, 0.25) is 0 Å². The maximum atomic E-state index is 12.2. The van der Waals surface area contributed by atoms with Crippen LogP contribution in [0.25, 0.3) is 0 Å². The number of hydrogen-bond donors (Lipinski definition) is 1. The molecule has 1 N–H and O–H groups in total. The Balaban J connectivity index is 2.01. The van der Waals surface area contributed by atoms with Crippen molar-refractivity contribution in [3.8, 4) is 0 Å². The van der Waals surface area contributed by atoms with Crippen LogP contribution in [-0.2, 0) is 16.0 Å². The number of amides is 1. The minimum Gasteiger partial charge on any atom is -0.448 e. The van der Waals surface area contributed by atoms with Gasteiger partial charge in [0.15, 0.2) is 16.8 Å². The Kier molecular flexibility index (Phi) is 5.75. The first-order valence-electron chi connectivity index (χ1n) is 7.36. The summed E-state index contributed by atoms with van der Waals surface area (Å²) in [5.74, 6) is -1.21. The Bertz CT molecular complexity index is 772. The lowest BCUT2D eigenvalue weighted by Crippen LogP contribution is -2.30. The van der Waals surface area contributed by atoms with Gasteiger partial charge in [0, 0.05) is 11.3 Å².